The third-order valence-corrected chi connectivity index (χ3v) is 7.23. The van der Waals surface area contributed by atoms with Crippen LogP contribution in [0.5, 0.6) is 0 Å². The van der Waals surface area contributed by atoms with Gasteiger partial charge in [0.1, 0.15) is 0 Å². The molecule has 0 aliphatic carbocycles. The lowest BCUT2D eigenvalue weighted by Crippen LogP contribution is -2.59. The summed E-state index contributed by atoms with van der Waals surface area (Å²) in [6.07, 6.45) is 7.38. The van der Waals surface area contributed by atoms with Gasteiger partial charge < -0.3 is 10.2 Å². The molecule has 5 heteroatoms. The Morgan fingerprint density at radius 3 is 2.39 bits per heavy atom. The van der Waals surface area contributed by atoms with Gasteiger partial charge in [0.2, 0.25) is 5.91 Å². The van der Waals surface area contributed by atoms with Crippen LogP contribution in [-0.2, 0) is 11.2 Å². The molecule has 0 radical (unpaired) electrons. The van der Waals surface area contributed by atoms with Gasteiger partial charge in [-0.25, -0.2) is 0 Å². The van der Waals surface area contributed by atoms with Gasteiger partial charge in [0.25, 0.3) is 5.91 Å². The van der Waals surface area contributed by atoms with Crippen molar-refractivity contribution in [2.45, 2.75) is 63.1 Å². The second-order valence-corrected chi connectivity index (χ2v) is 9.20. The SMILES string of the molecule is O=C(NC1CC2CCCC(C1)N2CC(=O)N1CCCc2ccccc21)c1ccccc1. The first-order valence-electron chi connectivity index (χ1n) is 11.7. The molecule has 2 fully saturated rings. The van der Waals surface area contributed by atoms with Gasteiger partial charge in [-0.3, -0.25) is 14.5 Å². The van der Waals surface area contributed by atoms with E-state index in [1.807, 2.05) is 41.3 Å². The maximum atomic E-state index is 13.3. The molecule has 2 aromatic carbocycles. The molecule has 3 heterocycles. The van der Waals surface area contributed by atoms with E-state index in [4.69, 9.17) is 0 Å². The average molecular weight is 418 g/mol. The fraction of sp³-hybridized carbons (Fsp3) is 0.462. The van der Waals surface area contributed by atoms with Crippen LogP contribution < -0.4 is 10.2 Å². The molecule has 2 atom stereocenters. The number of nitrogens with zero attached hydrogens (tertiary/aromatic N) is 2. The molecular weight excluding hydrogens is 386 g/mol. The number of anilines is 1. The van der Waals surface area contributed by atoms with Crippen molar-refractivity contribution in [2.24, 2.45) is 0 Å². The van der Waals surface area contributed by atoms with E-state index >= 15 is 0 Å². The van der Waals surface area contributed by atoms with Crippen LogP contribution >= 0.6 is 0 Å². The average Bonchev–Trinajstić information content (AvgIpc) is 2.79. The maximum absolute atomic E-state index is 13.3. The lowest BCUT2D eigenvalue weighted by Gasteiger charge is -2.49. The van der Waals surface area contributed by atoms with Crippen LogP contribution in [0.15, 0.2) is 54.6 Å². The summed E-state index contributed by atoms with van der Waals surface area (Å²) in [5.41, 5.74) is 3.09. The molecule has 2 saturated heterocycles. The lowest BCUT2D eigenvalue weighted by atomic mass is 9.81. The van der Waals surface area contributed by atoms with Crippen LogP contribution in [0.1, 0.15) is 54.4 Å². The van der Waals surface area contributed by atoms with Gasteiger partial charge in [-0.1, -0.05) is 42.8 Å². The van der Waals surface area contributed by atoms with Crippen LogP contribution in [0.4, 0.5) is 5.69 Å². The highest BCUT2D eigenvalue weighted by Gasteiger charge is 2.40. The van der Waals surface area contributed by atoms with E-state index in [-0.39, 0.29) is 17.9 Å². The number of benzene rings is 2. The Kier molecular flexibility index (Phi) is 5.77. The number of piperidine rings is 2. The quantitative estimate of drug-likeness (QED) is 0.824. The molecule has 2 unspecified atom stereocenters. The van der Waals surface area contributed by atoms with Crippen LogP contribution in [0.25, 0.3) is 0 Å². The molecule has 31 heavy (non-hydrogen) atoms. The third-order valence-electron chi connectivity index (χ3n) is 7.23. The number of carbonyl (C=O) groups is 2. The number of fused-ring (bicyclic) bond motifs is 3. The van der Waals surface area contributed by atoms with E-state index in [2.05, 4.69) is 28.4 Å². The number of nitrogens with one attached hydrogen (secondary N) is 1. The van der Waals surface area contributed by atoms with Crippen molar-refractivity contribution >= 4 is 17.5 Å². The molecule has 0 spiro atoms. The lowest BCUT2D eigenvalue weighted by molar-refractivity contribution is -0.122. The first-order chi connectivity index (χ1) is 15.2. The molecular formula is C26H31N3O2. The van der Waals surface area contributed by atoms with Crippen molar-refractivity contribution in [1.29, 1.82) is 0 Å². The van der Waals surface area contributed by atoms with E-state index in [9.17, 15) is 9.59 Å². The summed E-state index contributed by atoms with van der Waals surface area (Å²) in [4.78, 5) is 30.4. The highest BCUT2D eigenvalue weighted by Crippen LogP contribution is 2.35. The topological polar surface area (TPSA) is 52.7 Å². The largest absolute Gasteiger partial charge is 0.349 e. The maximum Gasteiger partial charge on any atom is 0.251 e. The number of aryl methyl sites for hydroxylation is 1. The smallest absolute Gasteiger partial charge is 0.251 e. The van der Waals surface area contributed by atoms with Crippen LogP contribution in [0.2, 0.25) is 0 Å². The highest BCUT2D eigenvalue weighted by molar-refractivity contribution is 5.96. The predicted molar refractivity (Wildman–Crippen MR) is 122 cm³/mol. The summed E-state index contributed by atoms with van der Waals surface area (Å²) < 4.78 is 0. The monoisotopic (exact) mass is 417 g/mol. The number of amides is 2. The van der Waals surface area contributed by atoms with E-state index in [1.54, 1.807) is 0 Å². The fourth-order valence-corrected chi connectivity index (χ4v) is 5.75. The van der Waals surface area contributed by atoms with Gasteiger partial charge in [0, 0.05) is 35.9 Å². The Balaban J connectivity index is 1.25. The number of rotatable bonds is 4. The number of para-hydroxylation sites is 1. The number of hydrogen-bond donors (Lipinski definition) is 1. The normalized spacial score (nSPS) is 25.5. The predicted octanol–water partition coefficient (Wildman–Crippen LogP) is 3.78. The molecule has 162 valence electrons. The zero-order chi connectivity index (χ0) is 21.2. The summed E-state index contributed by atoms with van der Waals surface area (Å²) in [6.45, 7) is 1.30. The van der Waals surface area contributed by atoms with Crippen LogP contribution in [0, 0.1) is 0 Å². The van der Waals surface area contributed by atoms with Gasteiger partial charge in [-0.05, 0) is 62.3 Å². The minimum absolute atomic E-state index is 0.0122. The summed E-state index contributed by atoms with van der Waals surface area (Å²) >= 11 is 0. The Morgan fingerprint density at radius 2 is 1.61 bits per heavy atom. The van der Waals surface area contributed by atoms with E-state index in [1.165, 1.54) is 12.0 Å². The molecule has 2 aromatic rings. The standard InChI is InChI=1S/C26H31N3O2/c30-25(28-15-7-11-19-8-4-5-14-24(19)28)18-29-22-12-6-13-23(29)17-21(16-22)27-26(31)20-9-2-1-3-10-20/h1-5,8-10,14,21-23H,6-7,11-13,15-18H2,(H,27,31). The van der Waals surface area contributed by atoms with Gasteiger partial charge in [0.05, 0.1) is 6.54 Å². The molecule has 5 rings (SSSR count). The van der Waals surface area contributed by atoms with Gasteiger partial charge in [0.15, 0.2) is 0 Å². The molecule has 2 amide bonds. The Hall–Kier alpha value is -2.66. The highest BCUT2D eigenvalue weighted by atomic mass is 16.2. The fourth-order valence-electron chi connectivity index (χ4n) is 5.75. The third kappa shape index (κ3) is 4.24. The van der Waals surface area contributed by atoms with E-state index in [0.29, 0.717) is 24.2 Å². The van der Waals surface area contributed by atoms with E-state index < -0.39 is 0 Å². The molecule has 1 N–H and O–H groups in total. The van der Waals surface area contributed by atoms with Crippen molar-refractivity contribution in [3.05, 3.63) is 65.7 Å². The first-order valence-corrected chi connectivity index (χ1v) is 11.7. The van der Waals surface area contributed by atoms with Crippen molar-refractivity contribution in [1.82, 2.24) is 10.2 Å². The van der Waals surface area contributed by atoms with Crippen LogP contribution in [0.3, 0.4) is 0 Å². The number of carbonyl (C=O) groups excluding carboxylic acids is 2. The minimum Gasteiger partial charge on any atom is -0.349 e. The summed E-state index contributed by atoms with van der Waals surface area (Å²) in [6, 6.07) is 18.7. The summed E-state index contributed by atoms with van der Waals surface area (Å²) in [5.74, 6) is 0.231. The molecule has 0 aromatic heterocycles. The van der Waals surface area contributed by atoms with Crippen LogP contribution in [-0.4, -0.2) is 47.9 Å². The zero-order valence-corrected chi connectivity index (χ0v) is 18.0. The zero-order valence-electron chi connectivity index (χ0n) is 18.0. The second-order valence-electron chi connectivity index (χ2n) is 9.20. The Morgan fingerprint density at radius 1 is 0.903 bits per heavy atom. The second kappa shape index (κ2) is 8.83. The van der Waals surface area contributed by atoms with Crippen molar-refractivity contribution in [3.63, 3.8) is 0 Å². The minimum atomic E-state index is 0.0122. The Bertz CT molecular complexity index is 931. The van der Waals surface area contributed by atoms with Crippen molar-refractivity contribution in [3.8, 4) is 0 Å². The number of hydrogen-bond acceptors (Lipinski definition) is 3. The molecule has 5 nitrogen and oxygen atoms in total. The molecule has 3 aliphatic rings. The van der Waals surface area contributed by atoms with Gasteiger partial charge in [-0.2, -0.15) is 0 Å². The summed E-state index contributed by atoms with van der Waals surface area (Å²) in [5, 5.41) is 3.25. The molecule has 2 bridgehead atoms. The first kappa shape index (κ1) is 20.3. The van der Waals surface area contributed by atoms with E-state index in [0.717, 1.165) is 50.8 Å². The Labute approximate surface area is 184 Å². The molecule has 0 saturated carbocycles. The summed E-state index contributed by atoms with van der Waals surface area (Å²) in [7, 11) is 0. The van der Waals surface area contributed by atoms with Crippen molar-refractivity contribution < 1.29 is 9.59 Å². The van der Waals surface area contributed by atoms with Gasteiger partial charge in [-0.15, -0.1) is 0 Å². The van der Waals surface area contributed by atoms with Crippen molar-refractivity contribution in [2.75, 3.05) is 18.0 Å². The van der Waals surface area contributed by atoms with Gasteiger partial charge >= 0.3 is 0 Å². The molecule has 3 aliphatic heterocycles.